The number of Topliss-reactive ketones (excluding diaryl/α,β-unsaturated/α-hetero) is 1. The first-order valence-corrected chi connectivity index (χ1v) is 18.5. The number of fused-ring (bicyclic) bond motifs is 2. The SMILES string of the molecule is Cc1cc(-c2ccc(N(C)C)nc2)ccc1-c1nc2ccc(CCCCCC(=O)COc3ccc4c(c3)CN(C3CCC(=O)NC3=O)C4=O)cc2s1. The van der Waals surface area contributed by atoms with E-state index < -0.39 is 11.9 Å². The van der Waals surface area contributed by atoms with Crippen LogP contribution in [-0.2, 0) is 27.3 Å². The van der Waals surface area contributed by atoms with E-state index in [0.29, 0.717) is 24.2 Å². The van der Waals surface area contributed by atoms with Gasteiger partial charge >= 0.3 is 0 Å². The van der Waals surface area contributed by atoms with Gasteiger partial charge in [-0.05, 0) is 97.3 Å². The number of pyridine rings is 1. The number of benzene rings is 3. The van der Waals surface area contributed by atoms with Gasteiger partial charge in [0.15, 0.2) is 5.78 Å². The minimum Gasteiger partial charge on any atom is -0.486 e. The highest BCUT2D eigenvalue weighted by Gasteiger charge is 2.39. The number of aryl methyl sites for hydroxylation is 2. The summed E-state index contributed by atoms with van der Waals surface area (Å²) in [4.78, 5) is 62.3. The monoisotopic (exact) mass is 715 g/mol. The lowest BCUT2D eigenvalue weighted by molar-refractivity contribution is -0.137. The maximum absolute atomic E-state index is 12.9. The lowest BCUT2D eigenvalue weighted by atomic mass is 10.0. The van der Waals surface area contributed by atoms with Gasteiger partial charge in [-0.2, -0.15) is 0 Å². The predicted octanol–water partition coefficient (Wildman–Crippen LogP) is 6.91. The van der Waals surface area contributed by atoms with Gasteiger partial charge in [0, 0.05) is 56.4 Å². The zero-order valence-electron chi connectivity index (χ0n) is 29.6. The van der Waals surface area contributed by atoms with E-state index in [4.69, 9.17) is 9.72 Å². The summed E-state index contributed by atoms with van der Waals surface area (Å²) >= 11 is 1.72. The number of ether oxygens (including phenoxy) is 1. The van der Waals surface area contributed by atoms with E-state index in [1.165, 1.54) is 20.7 Å². The number of nitrogens with one attached hydrogen (secondary N) is 1. The van der Waals surface area contributed by atoms with E-state index in [-0.39, 0.29) is 37.2 Å². The van der Waals surface area contributed by atoms with Crippen LogP contribution in [0.2, 0.25) is 0 Å². The second-order valence-electron chi connectivity index (χ2n) is 13.8. The zero-order valence-corrected chi connectivity index (χ0v) is 30.4. The van der Waals surface area contributed by atoms with E-state index >= 15 is 0 Å². The molecule has 4 heterocycles. The highest BCUT2D eigenvalue weighted by Crippen LogP contribution is 2.35. The molecule has 0 saturated carbocycles. The third-order valence-electron chi connectivity index (χ3n) is 9.76. The summed E-state index contributed by atoms with van der Waals surface area (Å²) in [5, 5.41) is 3.33. The molecule has 0 aliphatic carbocycles. The summed E-state index contributed by atoms with van der Waals surface area (Å²) in [6.07, 6.45) is 6.53. The van der Waals surface area contributed by atoms with E-state index in [1.807, 2.05) is 31.3 Å². The van der Waals surface area contributed by atoms with Gasteiger partial charge in [0.25, 0.3) is 5.91 Å². The van der Waals surface area contributed by atoms with Gasteiger partial charge in [0.05, 0.1) is 10.2 Å². The molecular weight excluding hydrogens is 675 g/mol. The van der Waals surface area contributed by atoms with Crippen LogP contribution >= 0.6 is 11.3 Å². The Morgan fingerprint density at radius 2 is 1.79 bits per heavy atom. The molecule has 2 aromatic heterocycles. The van der Waals surface area contributed by atoms with Crippen molar-refractivity contribution in [1.82, 2.24) is 20.2 Å². The van der Waals surface area contributed by atoms with E-state index in [9.17, 15) is 19.2 Å². The fraction of sp³-hybridized carbons (Fsp3) is 0.317. The zero-order chi connectivity index (χ0) is 36.4. The third-order valence-corrected chi connectivity index (χ3v) is 10.8. The highest BCUT2D eigenvalue weighted by molar-refractivity contribution is 7.21. The van der Waals surface area contributed by atoms with E-state index in [2.05, 4.69) is 59.7 Å². The van der Waals surface area contributed by atoms with Crippen molar-refractivity contribution >= 4 is 50.9 Å². The van der Waals surface area contributed by atoms with Gasteiger partial charge in [-0.15, -0.1) is 11.3 Å². The van der Waals surface area contributed by atoms with Crippen LogP contribution in [0.25, 0.3) is 31.9 Å². The minimum atomic E-state index is -0.665. The minimum absolute atomic E-state index is 0.0302. The molecular formula is C41H41N5O5S. The number of imide groups is 1. The van der Waals surface area contributed by atoms with E-state index in [0.717, 1.165) is 64.3 Å². The van der Waals surface area contributed by atoms with E-state index in [1.54, 1.807) is 29.5 Å². The van der Waals surface area contributed by atoms with Crippen LogP contribution < -0.4 is 15.0 Å². The summed E-state index contributed by atoms with van der Waals surface area (Å²) in [6.45, 7) is 2.37. The van der Waals surface area contributed by atoms with Gasteiger partial charge < -0.3 is 14.5 Å². The number of ketones is 1. The maximum atomic E-state index is 12.9. The first-order valence-electron chi connectivity index (χ1n) is 17.7. The first kappa shape index (κ1) is 35.0. The topological polar surface area (TPSA) is 122 Å². The summed E-state index contributed by atoms with van der Waals surface area (Å²) in [6, 6.07) is 21.6. The Kier molecular flexibility index (Phi) is 10.1. The number of thiazole rings is 1. The van der Waals surface area contributed by atoms with Crippen molar-refractivity contribution in [2.45, 2.75) is 64.5 Å². The van der Waals surface area contributed by atoms with Crippen LogP contribution in [0.4, 0.5) is 5.82 Å². The number of hydrogen-bond acceptors (Lipinski definition) is 9. The third kappa shape index (κ3) is 7.60. The van der Waals surface area contributed by atoms with Crippen LogP contribution in [0.15, 0.2) is 72.9 Å². The van der Waals surface area contributed by atoms with Gasteiger partial charge in [0.1, 0.15) is 29.2 Å². The molecule has 10 nitrogen and oxygen atoms in total. The molecule has 3 amide bonds. The lowest BCUT2D eigenvalue weighted by Crippen LogP contribution is -2.52. The van der Waals surface area contributed by atoms with Gasteiger partial charge in [0.2, 0.25) is 11.8 Å². The number of rotatable bonds is 13. The molecule has 2 aliphatic heterocycles. The molecule has 266 valence electrons. The molecule has 0 bridgehead atoms. The molecule has 0 spiro atoms. The molecule has 0 radical (unpaired) electrons. The number of hydrogen-bond donors (Lipinski definition) is 1. The Labute approximate surface area is 306 Å². The summed E-state index contributed by atoms with van der Waals surface area (Å²) < 4.78 is 6.95. The number of nitrogens with zero attached hydrogens (tertiary/aromatic N) is 4. The van der Waals surface area contributed by atoms with Crippen molar-refractivity contribution < 1.29 is 23.9 Å². The van der Waals surface area contributed by atoms with Gasteiger partial charge in [-0.25, -0.2) is 9.97 Å². The molecule has 1 N–H and O–H groups in total. The van der Waals surface area contributed by atoms with Gasteiger partial charge in [-0.1, -0.05) is 30.7 Å². The number of carbonyl (C=O) groups is 4. The number of carbonyl (C=O) groups excluding carboxylic acids is 4. The van der Waals surface area contributed by atoms with Crippen molar-refractivity contribution in [2.75, 3.05) is 25.6 Å². The Balaban J connectivity index is 0.860. The average molecular weight is 716 g/mol. The number of anilines is 1. The highest BCUT2D eigenvalue weighted by atomic mass is 32.1. The second kappa shape index (κ2) is 15.1. The Bertz CT molecular complexity index is 2180. The predicted molar refractivity (Wildman–Crippen MR) is 203 cm³/mol. The van der Waals surface area contributed by atoms with Crippen molar-refractivity contribution in [2.24, 2.45) is 0 Å². The van der Waals surface area contributed by atoms with Crippen molar-refractivity contribution in [3.8, 4) is 27.4 Å². The number of piperidine rings is 1. The first-order chi connectivity index (χ1) is 25.1. The molecule has 1 atom stereocenters. The van der Waals surface area contributed by atoms with Crippen molar-refractivity contribution in [3.05, 3.63) is 95.2 Å². The lowest BCUT2D eigenvalue weighted by Gasteiger charge is -2.29. The molecule has 1 unspecified atom stereocenters. The molecule has 1 fully saturated rings. The quantitative estimate of drug-likeness (QED) is 0.103. The standard InChI is InChI=1S/C41H41N5O5S/c1-25-19-27(28-11-17-37(42-22-28)45(2)3)10-13-32(25)40-43-34-15-9-26(20-36(34)52-40)7-5-4-6-8-30(47)24-51-31-12-14-33-29(21-31)23-46(41(33)50)35-16-18-38(48)44-39(35)49/h9-15,17,19-22,35H,4-8,16,18,23-24H2,1-3H3,(H,44,48,49). The number of aromatic nitrogens is 2. The molecule has 1 saturated heterocycles. The maximum Gasteiger partial charge on any atom is 0.255 e. The normalized spacial score (nSPS) is 15.6. The summed E-state index contributed by atoms with van der Waals surface area (Å²) in [5.74, 6) is 0.486. The molecule has 52 heavy (non-hydrogen) atoms. The Morgan fingerprint density at radius 1 is 0.962 bits per heavy atom. The fourth-order valence-corrected chi connectivity index (χ4v) is 7.97. The molecule has 7 rings (SSSR count). The largest absolute Gasteiger partial charge is 0.486 e. The summed E-state index contributed by atoms with van der Waals surface area (Å²) in [5.41, 5.74) is 8.07. The van der Waals surface area contributed by atoms with Crippen molar-refractivity contribution in [1.29, 1.82) is 0 Å². The smallest absolute Gasteiger partial charge is 0.255 e. The number of unbranched alkanes of at least 4 members (excludes halogenated alkanes) is 2. The molecule has 2 aliphatic rings. The molecule has 11 heteroatoms. The van der Waals surface area contributed by atoms with Crippen LogP contribution in [0.5, 0.6) is 5.75 Å². The molecule has 5 aromatic rings. The Hall–Kier alpha value is -5.42. The van der Waals surface area contributed by atoms with Crippen LogP contribution in [0, 0.1) is 6.92 Å². The van der Waals surface area contributed by atoms with Crippen LogP contribution in [0.3, 0.4) is 0 Å². The van der Waals surface area contributed by atoms with Crippen LogP contribution in [-0.4, -0.2) is 65.1 Å². The fourth-order valence-electron chi connectivity index (χ4n) is 6.85. The van der Waals surface area contributed by atoms with Crippen LogP contribution in [0.1, 0.15) is 65.6 Å². The van der Waals surface area contributed by atoms with Crippen molar-refractivity contribution in [3.63, 3.8) is 0 Å². The number of amides is 3. The second-order valence-corrected chi connectivity index (χ2v) is 14.8. The Morgan fingerprint density at radius 3 is 2.56 bits per heavy atom. The van der Waals surface area contributed by atoms with Gasteiger partial charge in [-0.3, -0.25) is 24.5 Å². The summed E-state index contributed by atoms with van der Waals surface area (Å²) in [7, 11) is 3.97. The average Bonchev–Trinajstić information content (AvgIpc) is 3.70. The molecule has 3 aromatic carbocycles.